The molecule has 2 aromatic rings. The van der Waals surface area contributed by atoms with Crippen molar-refractivity contribution in [1.29, 1.82) is 0 Å². The van der Waals surface area contributed by atoms with Crippen molar-refractivity contribution < 1.29 is 9.59 Å². The first kappa shape index (κ1) is 17.8. The molecule has 0 bridgehead atoms. The molecule has 7 heteroatoms. The highest BCUT2D eigenvalue weighted by molar-refractivity contribution is 5.95. The summed E-state index contributed by atoms with van der Waals surface area (Å²) in [6.45, 7) is 3.83. The lowest BCUT2D eigenvalue weighted by Crippen LogP contribution is -2.44. The van der Waals surface area contributed by atoms with Crippen LogP contribution in [0, 0.1) is 5.92 Å². The second-order valence-corrected chi connectivity index (χ2v) is 6.37. The molecule has 0 saturated carbocycles. The summed E-state index contributed by atoms with van der Waals surface area (Å²) in [6.07, 6.45) is 3.25. The van der Waals surface area contributed by atoms with Crippen molar-refractivity contribution in [2.24, 2.45) is 11.7 Å². The first-order chi connectivity index (χ1) is 12.6. The van der Waals surface area contributed by atoms with E-state index in [0.29, 0.717) is 24.5 Å². The third-order valence-corrected chi connectivity index (χ3v) is 4.51. The average Bonchev–Trinajstić information content (AvgIpc) is 2.68. The molecule has 0 aliphatic carbocycles. The molecule has 0 radical (unpaired) electrons. The van der Waals surface area contributed by atoms with E-state index in [1.54, 1.807) is 23.2 Å². The molecule has 1 aromatic carbocycles. The number of aromatic nitrogens is 2. The third kappa shape index (κ3) is 3.99. The number of carbonyl (C=O) groups is 2. The fraction of sp³-hybridized carbons (Fsp3) is 0.368. The molecule has 0 spiro atoms. The number of rotatable bonds is 5. The van der Waals surface area contributed by atoms with Crippen LogP contribution >= 0.6 is 0 Å². The number of benzene rings is 1. The molecule has 2 heterocycles. The molecular formula is C19H23N5O2. The number of primary amides is 1. The van der Waals surface area contributed by atoms with Gasteiger partial charge in [-0.2, -0.15) is 0 Å². The van der Waals surface area contributed by atoms with E-state index in [-0.39, 0.29) is 17.7 Å². The van der Waals surface area contributed by atoms with Crippen molar-refractivity contribution in [2.75, 3.05) is 25.0 Å². The SMILES string of the molecule is CCNc1ccnc(-c2ccc(C(=O)N3CCC[C@H](C(N)=O)C3)cc2)n1. The number of hydrogen-bond acceptors (Lipinski definition) is 5. The zero-order valence-electron chi connectivity index (χ0n) is 14.8. The minimum atomic E-state index is -0.337. The van der Waals surface area contributed by atoms with Crippen LogP contribution in [0.3, 0.4) is 0 Å². The van der Waals surface area contributed by atoms with E-state index in [1.165, 1.54) is 0 Å². The van der Waals surface area contributed by atoms with Crippen molar-refractivity contribution in [3.05, 3.63) is 42.1 Å². The van der Waals surface area contributed by atoms with Crippen LogP contribution in [0.2, 0.25) is 0 Å². The summed E-state index contributed by atoms with van der Waals surface area (Å²) in [5.74, 6) is 0.701. The van der Waals surface area contributed by atoms with Gasteiger partial charge in [0.05, 0.1) is 5.92 Å². The lowest BCUT2D eigenvalue weighted by atomic mass is 9.97. The number of carbonyl (C=O) groups excluding carboxylic acids is 2. The summed E-state index contributed by atoms with van der Waals surface area (Å²) < 4.78 is 0. The van der Waals surface area contributed by atoms with Gasteiger partial charge in [0.25, 0.3) is 5.91 Å². The molecule has 1 atom stereocenters. The maximum absolute atomic E-state index is 12.7. The van der Waals surface area contributed by atoms with E-state index in [1.807, 2.05) is 25.1 Å². The minimum absolute atomic E-state index is 0.0789. The van der Waals surface area contributed by atoms with Gasteiger partial charge in [-0.3, -0.25) is 9.59 Å². The molecule has 0 unspecified atom stereocenters. The second-order valence-electron chi connectivity index (χ2n) is 6.37. The highest BCUT2D eigenvalue weighted by Gasteiger charge is 2.27. The zero-order chi connectivity index (χ0) is 18.5. The number of likely N-dealkylation sites (tertiary alicyclic amines) is 1. The van der Waals surface area contributed by atoms with E-state index in [0.717, 1.165) is 30.8 Å². The van der Waals surface area contributed by atoms with Gasteiger partial charge in [-0.25, -0.2) is 9.97 Å². The Morgan fingerprint density at radius 3 is 2.73 bits per heavy atom. The van der Waals surface area contributed by atoms with Crippen LogP contribution in [0.1, 0.15) is 30.1 Å². The average molecular weight is 353 g/mol. The number of amides is 2. The maximum atomic E-state index is 12.7. The predicted molar refractivity (Wildman–Crippen MR) is 99.5 cm³/mol. The molecule has 3 N–H and O–H groups in total. The Labute approximate surface area is 152 Å². The summed E-state index contributed by atoms with van der Waals surface area (Å²) in [7, 11) is 0. The number of nitrogens with one attached hydrogen (secondary N) is 1. The smallest absolute Gasteiger partial charge is 0.253 e. The number of anilines is 1. The largest absolute Gasteiger partial charge is 0.370 e. The minimum Gasteiger partial charge on any atom is -0.370 e. The Bertz CT molecular complexity index is 791. The van der Waals surface area contributed by atoms with E-state index < -0.39 is 0 Å². The van der Waals surface area contributed by atoms with Crippen molar-refractivity contribution in [1.82, 2.24) is 14.9 Å². The standard InChI is InChI=1S/C19H23N5O2/c1-2-21-16-9-10-22-18(23-16)13-5-7-14(8-6-13)19(26)24-11-3-4-15(12-24)17(20)25/h5-10,15H,2-4,11-12H2,1H3,(H2,20,25)(H,21,22,23)/t15-/m0/s1. The van der Waals surface area contributed by atoms with Gasteiger partial charge in [-0.15, -0.1) is 0 Å². The number of nitrogens with zero attached hydrogens (tertiary/aromatic N) is 3. The van der Waals surface area contributed by atoms with Gasteiger partial charge in [-0.05, 0) is 38.0 Å². The van der Waals surface area contributed by atoms with Crippen LogP contribution in [-0.2, 0) is 4.79 Å². The molecule has 136 valence electrons. The summed E-state index contributed by atoms with van der Waals surface area (Å²) >= 11 is 0. The van der Waals surface area contributed by atoms with Crippen LogP contribution in [-0.4, -0.2) is 46.3 Å². The summed E-state index contributed by atoms with van der Waals surface area (Å²) in [5, 5.41) is 3.15. The molecule has 1 saturated heterocycles. The lowest BCUT2D eigenvalue weighted by molar-refractivity contribution is -0.123. The third-order valence-electron chi connectivity index (χ3n) is 4.51. The summed E-state index contributed by atoms with van der Waals surface area (Å²) in [5.41, 5.74) is 6.82. The van der Waals surface area contributed by atoms with E-state index in [2.05, 4.69) is 15.3 Å². The summed E-state index contributed by atoms with van der Waals surface area (Å²) in [4.78, 5) is 34.5. The quantitative estimate of drug-likeness (QED) is 0.855. The number of nitrogens with two attached hydrogens (primary N) is 1. The van der Waals surface area contributed by atoms with Crippen LogP contribution in [0.5, 0.6) is 0 Å². The Balaban J connectivity index is 1.74. The molecule has 3 rings (SSSR count). The van der Waals surface area contributed by atoms with Gasteiger partial charge in [-0.1, -0.05) is 12.1 Å². The van der Waals surface area contributed by atoms with Crippen LogP contribution in [0.25, 0.3) is 11.4 Å². The van der Waals surface area contributed by atoms with Crippen LogP contribution < -0.4 is 11.1 Å². The highest BCUT2D eigenvalue weighted by atomic mass is 16.2. The molecule has 2 amide bonds. The first-order valence-electron chi connectivity index (χ1n) is 8.84. The van der Waals surface area contributed by atoms with Crippen LogP contribution in [0.4, 0.5) is 5.82 Å². The maximum Gasteiger partial charge on any atom is 0.253 e. The van der Waals surface area contributed by atoms with Gasteiger partial charge in [0, 0.05) is 37.0 Å². The monoisotopic (exact) mass is 353 g/mol. The Hall–Kier alpha value is -2.96. The van der Waals surface area contributed by atoms with Crippen LogP contribution in [0.15, 0.2) is 36.5 Å². The summed E-state index contributed by atoms with van der Waals surface area (Å²) in [6, 6.07) is 9.04. The lowest BCUT2D eigenvalue weighted by Gasteiger charge is -2.31. The molecule has 7 nitrogen and oxygen atoms in total. The topological polar surface area (TPSA) is 101 Å². The second kappa shape index (κ2) is 7.95. The molecule has 1 aliphatic rings. The van der Waals surface area contributed by atoms with Crippen molar-refractivity contribution in [3.63, 3.8) is 0 Å². The van der Waals surface area contributed by atoms with Crippen molar-refractivity contribution >= 4 is 17.6 Å². The number of piperidine rings is 1. The predicted octanol–water partition coefficient (Wildman–Crippen LogP) is 1.91. The van der Waals surface area contributed by atoms with E-state index in [9.17, 15) is 9.59 Å². The molecule has 1 aliphatic heterocycles. The van der Waals surface area contributed by atoms with Gasteiger partial charge in [0.1, 0.15) is 5.82 Å². The van der Waals surface area contributed by atoms with Gasteiger partial charge in [0.2, 0.25) is 5.91 Å². The Kier molecular flexibility index (Phi) is 5.46. The zero-order valence-corrected chi connectivity index (χ0v) is 14.8. The fourth-order valence-electron chi connectivity index (χ4n) is 3.12. The van der Waals surface area contributed by atoms with Gasteiger partial charge >= 0.3 is 0 Å². The van der Waals surface area contributed by atoms with Gasteiger partial charge in [0.15, 0.2) is 5.82 Å². The van der Waals surface area contributed by atoms with E-state index >= 15 is 0 Å². The normalized spacial score (nSPS) is 17.0. The van der Waals surface area contributed by atoms with E-state index in [4.69, 9.17) is 5.73 Å². The molecule has 1 fully saturated rings. The number of hydrogen-bond donors (Lipinski definition) is 2. The first-order valence-corrected chi connectivity index (χ1v) is 8.84. The fourth-order valence-corrected chi connectivity index (χ4v) is 3.12. The highest BCUT2D eigenvalue weighted by Crippen LogP contribution is 2.21. The molecule has 1 aromatic heterocycles. The van der Waals surface area contributed by atoms with Crippen molar-refractivity contribution in [3.8, 4) is 11.4 Å². The molecule has 26 heavy (non-hydrogen) atoms. The Morgan fingerprint density at radius 2 is 2.04 bits per heavy atom. The molecular weight excluding hydrogens is 330 g/mol. The van der Waals surface area contributed by atoms with Crippen molar-refractivity contribution in [2.45, 2.75) is 19.8 Å². The van der Waals surface area contributed by atoms with Gasteiger partial charge < -0.3 is 16.0 Å². The Morgan fingerprint density at radius 1 is 1.27 bits per heavy atom.